The van der Waals surface area contributed by atoms with Gasteiger partial charge in [0.25, 0.3) is 0 Å². The number of hydrogen-bond donors (Lipinski definition) is 2. The van der Waals surface area contributed by atoms with Crippen LogP contribution in [0.2, 0.25) is 5.02 Å². The SMILES string of the molecule is CCC(=N)N.Clc1ccc(Cn2cnc(Cc3ccccc3)c2)cc1. The van der Waals surface area contributed by atoms with Crippen molar-refractivity contribution in [3.63, 3.8) is 0 Å². The molecule has 3 aromatic rings. The molecule has 130 valence electrons. The summed E-state index contributed by atoms with van der Waals surface area (Å²) in [6.45, 7) is 2.67. The standard InChI is InChI=1S/C17H15ClN2.C3H8N2/c18-16-8-6-15(7-9-16)11-20-12-17(19-13-20)10-14-4-2-1-3-5-14;1-2-3(4)5/h1-9,12-13H,10-11H2;2H2,1H3,(H3,4,5). The van der Waals surface area contributed by atoms with Crippen LogP contribution in [0.4, 0.5) is 0 Å². The maximum atomic E-state index is 6.52. The number of nitrogens with two attached hydrogens (primary N) is 1. The van der Waals surface area contributed by atoms with Crippen LogP contribution in [0, 0.1) is 5.41 Å². The maximum absolute atomic E-state index is 6.52. The van der Waals surface area contributed by atoms with Gasteiger partial charge >= 0.3 is 0 Å². The maximum Gasteiger partial charge on any atom is 0.0952 e. The van der Waals surface area contributed by atoms with Crippen molar-refractivity contribution in [2.75, 3.05) is 0 Å². The summed E-state index contributed by atoms with van der Waals surface area (Å²) in [5.41, 5.74) is 8.47. The number of rotatable bonds is 5. The van der Waals surface area contributed by atoms with E-state index in [9.17, 15) is 0 Å². The van der Waals surface area contributed by atoms with Gasteiger partial charge in [0.15, 0.2) is 0 Å². The third kappa shape index (κ3) is 6.81. The van der Waals surface area contributed by atoms with Gasteiger partial charge < -0.3 is 10.3 Å². The molecule has 5 heteroatoms. The van der Waals surface area contributed by atoms with Gasteiger partial charge in [-0.15, -0.1) is 0 Å². The molecule has 1 heterocycles. The number of hydrogen-bond acceptors (Lipinski definition) is 2. The van der Waals surface area contributed by atoms with E-state index < -0.39 is 0 Å². The topological polar surface area (TPSA) is 67.7 Å². The second-order valence-electron chi connectivity index (χ2n) is 5.70. The predicted molar refractivity (Wildman–Crippen MR) is 104 cm³/mol. The fraction of sp³-hybridized carbons (Fsp3) is 0.200. The van der Waals surface area contributed by atoms with Crippen LogP contribution >= 0.6 is 11.6 Å². The Bertz CT molecular complexity index is 779. The highest BCUT2D eigenvalue weighted by atomic mass is 35.5. The summed E-state index contributed by atoms with van der Waals surface area (Å²) < 4.78 is 2.10. The highest BCUT2D eigenvalue weighted by Crippen LogP contribution is 2.12. The first-order valence-electron chi connectivity index (χ1n) is 8.18. The fourth-order valence-electron chi connectivity index (χ4n) is 2.19. The van der Waals surface area contributed by atoms with Crippen LogP contribution in [0.25, 0.3) is 0 Å². The van der Waals surface area contributed by atoms with E-state index in [1.54, 1.807) is 0 Å². The molecule has 25 heavy (non-hydrogen) atoms. The largest absolute Gasteiger partial charge is 0.388 e. The molecule has 0 fully saturated rings. The summed E-state index contributed by atoms with van der Waals surface area (Å²) >= 11 is 5.89. The molecular weight excluding hydrogens is 332 g/mol. The Morgan fingerprint density at radius 1 is 1.08 bits per heavy atom. The number of imidazole rings is 1. The average Bonchev–Trinajstić information content (AvgIpc) is 3.05. The highest BCUT2D eigenvalue weighted by Gasteiger charge is 2.01. The average molecular weight is 355 g/mol. The van der Waals surface area contributed by atoms with Gasteiger partial charge in [-0.1, -0.05) is 61.0 Å². The summed E-state index contributed by atoms with van der Waals surface area (Å²) in [6.07, 6.45) is 5.52. The van der Waals surface area contributed by atoms with E-state index in [2.05, 4.69) is 40.0 Å². The number of benzene rings is 2. The number of aromatic nitrogens is 2. The molecule has 2 aromatic carbocycles. The minimum atomic E-state index is 0.255. The van der Waals surface area contributed by atoms with Crippen molar-refractivity contribution in [3.05, 3.63) is 89.0 Å². The quantitative estimate of drug-likeness (QED) is 0.523. The molecule has 0 radical (unpaired) electrons. The summed E-state index contributed by atoms with van der Waals surface area (Å²) in [7, 11) is 0. The smallest absolute Gasteiger partial charge is 0.0952 e. The Morgan fingerprint density at radius 3 is 2.32 bits per heavy atom. The molecule has 0 saturated carbocycles. The van der Waals surface area contributed by atoms with Crippen molar-refractivity contribution in [2.45, 2.75) is 26.3 Å². The van der Waals surface area contributed by atoms with E-state index in [0.29, 0.717) is 6.42 Å². The molecule has 0 unspecified atom stereocenters. The molecule has 3 rings (SSSR count). The molecule has 0 aliphatic rings. The molecule has 1 aromatic heterocycles. The summed E-state index contributed by atoms with van der Waals surface area (Å²) in [5.74, 6) is 0.255. The zero-order valence-electron chi connectivity index (χ0n) is 14.3. The van der Waals surface area contributed by atoms with Crippen molar-refractivity contribution < 1.29 is 0 Å². The number of nitrogens with zero attached hydrogens (tertiary/aromatic N) is 2. The molecule has 0 amide bonds. The van der Waals surface area contributed by atoms with Gasteiger partial charge in [0.1, 0.15) is 0 Å². The normalized spacial score (nSPS) is 10.0. The van der Waals surface area contributed by atoms with E-state index in [1.807, 2.05) is 43.6 Å². The summed E-state index contributed by atoms with van der Waals surface area (Å²) in [5, 5.41) is 7.29. The molecule has 0 aliphatic heterocycles. The summed E-state index contributed by atoms with van der Waals surface area (Å²) in [6, 6.07) is 18.3. The monoisotopic (exact) mass is 354 g/mol. The highest BCUT2D eigenvalue weighted by molar-refractivity contribution is 6.30. The Balaban J connectivity index is 0.000000399. The molecule has 4 nitrogen and oxygen atoms in total. The predicted octanol–water partition coefficient (Wildman–Crippen LogP) is 4.51. The third-order valence-corrected chi connectivity index (χ3v) is 3.83. The van der Waals surface area contributed by atoms with Crippen LogP contribution < -0.4 is 5.73 Å². The van der Waals surface area contributed by atoms with Crippen LogP contribution in [0.5, 0.6) is 0 Å². The first-order chi connectivity index (χ1) is 12.1. The Hall–Kier alpha value is -2.59. The van der Waals surface area contributed by atoms with Gasteiger partial charge in [0.05, 0.1) is 17.9 Å². The zero-order valence-corrected chi connectivity index (χ0v) is 15.1. The lowest BCUT2D eigenvalue weighted by Gasteiger charge is -2.02. The van der Waals surface area contributed by atoms with Crippen molar-refractivity contribution in [1.29, 1.82) is 5.41 Å². The van der Waals surface area contributed by atoms with E-state index >= 15 is 0 Å². The minimum Gasteiger partial charge on any atom is -0.388 e. The fourth-order valence-corrected chi connectivity index (χ4v) is 2.32. The zero-order chi connectivity index (χ0) is 18.1. The third-order valence-electron chi connectivity index (χ3n) is 3.57. The lowest BCUT2D eigenvalue weighted by atomic mass is 10.1. The van der Waals surface area contributed by atoms with E-state index in [4.69, 9.17) is 22.7 Å². The van der Waals surface area contributed by atoms with Crippen molar-refractivity contribution in [1.82, 2.24) is 9.55 Å². The molecule has 0 saturated heterocycles. The molecule has 0 spiro atoms. The van der Waals surface area contributed by atoms with Gasteiger partial charge in [0, 0.05) is 30.6 Å². The van der Waals surface area contributed by atoms with Gasteiger partial charge in [-0.25, -0.2) is 4.98 Å². The van der Waals surface area contributed by atoms with Gasteiger partial charge in [-0.3, -0.25) is 5.41 Å². The van der Waals surface area contributed by atoms with Gasteiger partial charge in [-0.2, -0.15) is 0 Å². The summed E-state index contributed by atoms with van der Waals surface area (Å²) in [4.78, 5) is 4.46. The van der Waals surface area contributed by atoms with Crippen LogP contribution in [-0.2, 0) is 13.0 Å². The minimum absolute atomic E-state index is 0.255. The van der Waals surface area contributed by atoms with Crippen LogP contribution in [0.3, 0.4) is 0 Å². The van der Waals surface area contributed by atoms with Gasteiger partial charge in [0.2, 0.25) is 0 Å². The first-order valence-corrected chi connectivity index (χ1v) is 8.56. The second-order valence-corrected chi connectivity index (χ2v) is 6.14. The lowest BCUT2D eigenvalue weighted by molar-refractivity contribution is 0.796. The Labute approximate surface area is 153 Å². The van der Waals surface area contributed by atoms with E-state index in [0.717, 1.165) is 23.7 Å². The number of nitrogens with one attached hydrogen (secondary N) is 1. The Kier molecular flexibility index (Phi) is 7.23. The Morgan fingerprint density at radius 2 is 1.72 bits per heavy atom. The van der Waals surface area contributed by atoms with Crippen molar-refractivity contribution in [3.8, 4) is 0 Å². The molecule has 3 N–H and O–H groups in total. The van der Waals surface area contributed by atoms with Crippen LogP contribution in [-0.4, -0.2) is 15.4 Å². The number of halogens is 1. The second kappa shape index (κ2) is 9.64. The van der Waals surface area contributed by atoms with E-state index in [1.165, 1.54) is 11.1 Å². The molecule has 0 atom stereocenters. The van der Waals surface area contributed by atoms with Crippen molar-refractivity contribution >= 4 is 17.4 Å². The molecular formula is C20H23ClN4. The molecule has 0 bridgehead atoms. The van der Waals surface area contributed by atoms with Gasteiger partial charge in [-0.05, 0) is 23.3 Å². The van der Waals surface area contributed by atoms with Crippen LogP contribution in [0.15, 0.2) is 67.1 Å². The van der Waals surface area contributed by atoms with Crippen molar-refractivity contribution in [2.24, 2.45) is 5.73 Å². The molecule has 0 aliphatic carbocycles. The number of amidine groups is 1. The van der Waals surface area contributed by atoms with E-state index in [-0.39, 0.29) is 5.84 Å². The lowest BCUT2D eigenvalue weighted by Crippen LogP contribution is -2.05. The first kappa shape index (κ1) is 18.7. The van der Waals surface area contributed by atoms with Crippen LogP contribution in [0.1, 0.15) is 30.2 Å².